The van der Waals surface area contributed by atoms with Gasteiger partial charge in [0, 0.05) is 12.7 Å². The quantitative estimate of drug-likeness (QED) is 0.492. The maximum atomic E-state index is 13.1. The van der Waals surface area contributed by atoms with Crippen LogP contribution in [0.5, 0.6) is 0 Å². The van der Waals surface area contributed by atoms with Crippen molar-refractivity contribution < 1.29 is 9.90 Å². The van der Waals surface area contributed by atoms with E-state index in [1.807, 2.05) is 31.2 Å². The fraction of sp³-hybridized carbons (Fsp3) is 0.136. The van der Waals surface area contributed by atoms with Crippen LogP contribution in [0.2, 0.25) is 4.34 Å². The summed E-state index contributed by atoms with van der Waals surface area (Å²) in [6.45, 7) is 1.57. The van der Waals surface area contributed by atoms with Crippen LogP contribution in [0.1, 0.15) is 20.8 Å². The van der Waals surface area contributed by atoms with Crippen LogP contribution in [0.4, 0.5) is 5.69 Å². The molecule has 0 fully saturated rings. The van der Waals surface area contributed by atoms with Gasteiger partial charge in [-0.1, -0.05) is 35.9 Å². The summed E-state index contributed by atoms with van der Waals surface area (Å²) in [5.41, 5.74) is 1.25. The van der Waals surface area contributed by atoms with Crippen LogP contribution < -0.4 is 16.1 Å². The number of fused-ring (bicyclic) bond motifs is 1. The lowest BCUT2D eigenvalue weighted by Gasteiger charge is -2.16. The highest BCUT2D eigenvalue weighted by Crippen LogP contribution is 2.31. The van der Waals surface area contributed by atoms with Crippen molar-refractivity contribution in [1.29, 1.82) is 0 Å². The first-order valence-electron chi connectivity index (χ1n) is 9.34. The number of H-pyrrole nitrogens is 1. The fourth-order valence-electron chi connectivity index (χ4n) is 3.42. The zero-order valence-electron chi connectivity index (χ0n) is 16.7. The minimum absolute atomic E-state index is 0.119. The van der Waals surface area contributed by atoms with E-state index in [1.165, 1.54) is 11.0 Å². The van der Waals surface area contributed by atoms with Gasteiger partial charge < -0.3 is 15.0 Å². The minimum atomic E-state index is -0.682. The van der Waals surface area contributed by atoms with Gasteiger partial charge in [0.15, 0.2) is 0 Å². The molecule has 0 spiro atoms. The lowest BCUT2D eigenvalue weighted by Crippen LogP contribution is -2.34. The van der Waals surface area contributed by atoms with Crippen molar-refractivity contribution in [3.8, 4) is 5.69 Å². The average molecular weight is 456 g/mol. The predicted molar refractivity (Wildman–Crippen MR) is 123 cm³/mol. The molecule has 0 radical (unpaired) electrons. The van der Waals surface area contributed by atoms with Gasteiger partial charge in [-0.2, -0.15) is 0 Å². The molecule has 0 unspecified atom stereocenters. The number of aromatic amines is 1. The summed E-state index contributed by atoms with van der Waals surface area (Å²) in [4.78, 5) is 43.2. The van der Waals surface area contributed by atoms with Gasteiger partial charge in [0.05, 0.1) is 28.1 Å². The van der Waals surface area contributed by atoms with E-state index < -0.39 is 11.2 Å². The molecule has 2 aromatic heterocycles. The number of carbonyl (C=O) groups excluding carboxylic acids is 1. The van der Waals surface area contributed by atoms with Crippen LogP contribution in [0.25, 0.3) is 16.6 Å². The Morgan fingerprint density at radius 1 is 1.19 bits per heavy atom. The molecule has 0 saturated heterocycles. The van der Waals surface area contributed by atoms with Gasteiger partial charge in [-0.05, 0) is 42.3 Å². The van der Waals surface area contributed by atoms with Gasteiger partial charge >= 0.3 is 5.69 Å². The molecule has 31 heavy (non-hydrogen) atoms. The number of hydrogen-bond acceptors (Lipinski definition) is 5. The van der Waals surface area contributed by atoms with Crippen LogP contribution in [0.15, 0.2) is 58.1 Å². The highest BCUT2D eigenvalue weighted by Gasteiger charge is 2.22. The SMILES string of the molecule is Cc1cccc(N(C)C(=O)c2cc(-n3c(=O)[nH]c4cccc(CO)c4c3=O)c(Cl)s2)c1. The Morgan fingerprint density at radius 2 is 1.94 bits per heavy atom. The number of benzene rings is 2. The number of aryl methyl sites for hydroxylation is 1. The highest BCUT2D eigenvalue weighted by atomic mass is 35.5. The molecular formula is C22H18ClN3O4S. The summed E-state index contributed by atoms with van der Waals surface area (Å²) in [5, 5.41) is 9.79. The molecule has 0 aliphatic carbocycles. The van der Waals surface area contributed by atoms with E-state index in [0.29, 0.717) is 16.8 Å². The molecule has 2 N–H and O–H groups in total. The molecule has 0 saturated carbocycles. The standard InChI is InChI=1S/C22H18ClN3O4S/c1-12-5-3-7-14(9-12)25(2)20(28)17-10-16(19(23)31-17)26-21(29)18-13(11-27)6-4-8-15(18)24-22(26)30/h3-10,27H,11H2,1-2H3,(H,24,30). The minimum Gasteiger partial charge on any atom is -0.392 e. The Balaban J connectivity index is 1.83. The number of anilines is 1. The van der Waals surface area contributed by atoms with Gasteiger partial charge in [0.2, 0.25) is 0 Å². The molecule has 2 heterocycles. The first kappa shape index (κ1) is 21.0. The van der Waals surface area contributed by atoms with Crippen molar-refractivity contribution in [1.82, 2.24) is 9.55 Å². The molecule has 2 aromatic carbocycles. The number of hydrogen-bond donors (Lipinski definition) is 2. The Morgan fingerprint density at radius 3 is 2.65 bits per heavy atom. The van der Waals surface area contributed by atoms with Crippen molar-refractivity contribution >= 4 is 45.4 Å². The molecule has 9 heteroatoms. The number of aliphatic hydroxyl groups excluding tert-OH is 1. The van der Waals surface area contributed by atoms with Crippen LogP contribution in [0.3, 0.4) is 0 Å². The van der Waals surface area contributed by atoms with Gasteiger partial charge in [0.1, 0.15) is 4.34 Å². The second-order valence-electron chi connectivity index (χ2n) is 7.04. The third-order valence-electron chi connectivity index (χ3n) is 5.00. The number of thiophene rings is 1. The zero-order chi connectivity index (χ0) is 22.3. The van der Waals surface area contributed by atoms with Gasteiger partial charge in [-0.15, -0.1) is 11.3 Å². The number of aliphatic hydroxyl groups is 1. The fourth-order valence-corrected chi connectivity index (χ4v) is 4.65. The van der Waals surface area contributed by atoms with Crippen LogP contribution >= 0.6 is 22.9 Å². The van der Waals surface area contributed by atoms with Crippen molar-refractivity contribution in [3.05, 3.63) is 89.7 Å². The summed E-state index contributed by atoms with van der Waals surface area (Å²) in [5.74, 6) is -0.315. The summed E-state index contributed by atoms with van der Waals surface area (Å²) in [7, 11) is 1.65. The maximum absolute atomic E-state index is 13.1. The van der Waals surface area contributed by atoms with Gasteiger partial charge in [-0.3, -0.25) is 9.59 Å². The van der Waals surface area contributed by atoms with Gasteiger partial charge in [-0.25, -0.2) is 9.36 Å². The molecule has 158 valence electrons. The first-order chi connectivity index (χ1) is 14.8. The van der Waals surface area contributed by atoms with Gasteiger partial charge in [0.25, 0.3) is 11.5 Å². The van der Waals surface area contributed by atoms with Crippen molar-refractivity contribution in [2.45, 2.75) is 13.5 Å². The van der Waals surface area contributed by atoms with E-state index in [-0.39, 0.29) is 32.8 Å². The Hall–Kier alpha value is -3.20. The van der Waals surface area contributed by atoms with Crippen molar-refractivity contribution in [2.24, 2.45) is 0 Å². The monoisotopic (exact) mass is 455 g/mol. The number of nitrogens with zero attached hydrogens (tertiary/aromatic N) is 2. The largest absolute Gasteiger partial charge is 0.392 e. The van der Waals surface area contributed by atoms with E-state index in [2.05, 4.69) is 4.98 Å². The number of carbonyl (C=O) groups is 1. The molecule has 0 aliphatic heterocycles. The second kappa shape index (κ2) is 8.14. The predicted octanol–water partition coefficient (Wildman–Crippen LogP) is 3.47. The van der Waals surface area contributed by atoms with E-state index in [4.69, 9.17) is 11.6 Å². The summed E-state index contributed by atoms with van der Waals surface area (Å²) >= 11 is 7.34. The highest BCUT2D eigenvalue weighted by molar-refractivity contribution is 7.18. The summed E-state index contributed by atoms with van der Waals surface area (Å²) in [6.07, 6.45) is 0. The first-order valence-corrected chi connectivity index (χ1v) is 10.5. The Kier molecular flexibility index (Phi) is 5.53. The lowest BCUT2D eigenvalue weighted by molar-refractivity contribution is 0.0997. The van der Waals surface area contributed by atoms with Crippen LogP contribution in [-0.4, -0.2) is 27.6 Å². The topological polar surface area (TPSA) is 95.4 Å². The molecule has 0 atom stereocenters. The third kappa shape index (κ3) is 3.69. The van der Waals surface area contributed by atoms with Crippen molar-refractivity contribution in [2.75, 3.05) is 11.9 Å². The molecule has 4 rings (SSSR count). The molecule has 0 bridgehead atoms. The van der Waals surface area contributed by atoms with E-state index >= 15 is 0 Å². The normalized spacial score (nSPS) is 11.1. The zero-order valence-corrected chi connectivity index (χ0v) is 18.3. The molecule has 4 aromatic rings. The number of nitrogens with one attached hydrogen (secondary N) is 1. The molecule has 7 nitrogen and oxygen atoms in total. The Labute approximate surface area is 185 Å². The number of amides is 1. The van der Waals surface area contributed by atoms with E-state index in [0.717, 1.165) is 21.5 Å². The summed E-state index contributed by atoms with van der Waals surface area (Å²) < 4.78 is 1.03. The molecule has 0 aliphatic rings. The van der Waals surface area contributed by atoms with E-state index in [1.54, 1.807) is 25.2 Å². The number of aromatic nitrogens is 2. The molecule has 1 amide bonds. The van der Waals surface area contributed by atoms with Crippen LogP contribution in [0, 0.1) is 6.92 Å². The van der Waals surface area contributed by atoms with Crippen LogP contribution in [-0.2, 0) is 6.61 Å². The third-order valence-corrected chi connectivity index (χ3v) is 6.32. The lowest BCUT2D eigenvalue weighted by atomic mass is 10.1. The number of halogens is 1. The second-order valence-corrected chi connectivity index (χ2v) is 8.70. The van der Waals surface area contributed by atoms with Crippen molar-refractivity contribution in [3.63, 3.8) is 0 Å². The van der Waals surface area contributed by atoms with E-state index in [9.17, 15) is 19.5 Å². The number of rotatable bonds is 4. The molecular weight excluding hydrogens is 438 g/mol. The average Bonchev–Trinajstić information content (AvgIpc) is 3.13. The summed E-state index contributed by atoms with van der Waals surface area (Å²) in [6, 6.07) is 13.7. The Bertz CT molecular complexity index is 1440. The smallest absolute Gasteiger partial charge is 0.333 e. The maximum Gasteiger partial charge on any atom is 0.333 e.